The lowest BCUT2D eigenvalue weighted by Crippen LogP contribution is -1.94. The summed E-state index contributed by atoms with van der Waals surface area (Å²) < 4.78 is 5.32. The lowest BCUT2D eigenvalue weighted by atomic mass is 10.2. The maximum absolute atomic E-state index is 5.32. The van der Waals surface area contributed by atoms with Crippen molar-refractivity contribution in [3.05, 3.63) is 42.5 Å². The monoisotopic (exact) mass is 158 g/mol. The third-order valence-corrected chi connectivity index (χ3v) is 1.40. The van der Waals surface area contributed by atoms with Crippen molar-refractivity contribution in [2.75, 3.05) is 6.61 Å². The van der Waals surface area contributed by atoms with Crippen molar-refractivity contribution in [2.24, 2.45) is 0 Å². The van der Waals surface area contributed by atoms with Crippen LogP contribution >= 0.6 is 0 Å². The average molecular weight is 158 g/mol. The lowest BCUT2D eigenvalue weighted by molar-refractivity contribution is 0.362. The van der Waals surface area contributed by atoms with Gasteiger partial charge in [-0.3, -0.25) is 0 Å². The maximum atomic E-state index is 5.32. The SMILES string of the molecule is C#Cc1ccccc1OCC=C. The van der Waals surface area contributed by atoms with E-state index in [0.717, 1.165) is 11.3 Å². The van der Waals surface area contributed by atoms with Gasteiger partial charge in [-0.15, -0.1) is 6.42 Å². The molecule has 0 aromatic heterocycles. The van der Waals surface area contributed by atoms with Crippen molar-refractivity contribution in [3.63, 3.8) is 0 Å². The zero-order valence-corrected chi connectivity index (χ0v) is 6.79. The van der Waals surface area contributed by atoms with E-state index in [1.54, 1.807) is 6.08 Å². The number of hydrogen-bond acceptors (Lipinski definition) is 1. The van der Waals surface area contributed by atoms with Crippen LogP contribution in [0.4, 0.5) is 0 Å². The molecule has 1 heteroatoms. The van der Waals surface area contributed by atoms with Crippen molar-refractivity contribution in [3.8, 4) is 18.1 Å². The molecule has 0 saturated heterocycles. The van der Waals surface area contributed by atoms with Crippen LogP contribution in [0.2, 0.25) is 0 Å². The van der Waals surface area contributed by atoms with E-state index >= 15 is 0 Å². The molecule has 1 nitrogen and oxygen atoms in total. The molecule has 0 N–H and O–H groups in total. The Morgan fingerprint density at radius 1 is 1.50 bits per heavy atom. The highest BCUT2D eigenvalue weighted by Gasteiger charge is 1.96. The van der Waals surface area contributed by atoms with E-state index in [-0.39, 0.29) is 0 Å². The van der Waals surface area contributed by atoms with Crippen molar-refractivity contribution in [2.45, 2.75) is 0 Å². The van der Waals surface area contributed by atoms with E-state index in [0.29, 0.717) is 6.61 Å². The number of benzene rings is 1. The predicted molar refractivity (Wildman–Crippen MR) is 50.1 cm³/mol. The third-order valence-electron chi connectivity index (χ3n) is 1.40. The van der Waals surface area contributed by atoms with Gasteiger partial charge in [-0.2, -0.15) is 0 Å². The minimum Gasteiger partial charge on any atom is -0.488 e. The molecular formula is C11H10O. The van der Waals surface area contributed by atoms with Crippen LogP contribution in [-0.2, 0) is 0 Å². The molecule has 1 aromatic rings. The Hall–Kier alpha value is -1.68. The topological polar surface area (TPSA) is 9.23 Å². The van der Waals surface area contributed by atoms with Gasteiger partial charge in [-0.25, -0.2) is 0 Å². The molecule has 0 radical (unpaired) electrons. The summed E-state index contributed by atoms with van der Waals surface area (Å²) in [6, 6.07) is 7.46. The molecule has 0 spiro atoms. The lowest BCUT2D eigenvalue weighted by Gasteiger charge is -2.04. The molecular weight excluding hydrogens is 148 g/mol. The minimum absolute atomic E-state index is 0.485. The number of terminal acetylenes is 1. The van der Waals surface area contributed by atoms with E-state index in [2.05, 4.69) is 12.5 Å². The number of para-hydroxylation sites is 1. The summed E-state index contributed by atoms with van der Waals surface area (Å²) in [5, 5.41) is 0. The molecule has 0 heterocycles. The molecule has 0 amide bonds. The fourth-order valence-electron chi connectivity index (χ4n) is 0.860. The quantitative estimate of drug-likeness (QED) is 0.484. The molecule has 0 aliphatic carbocycles. The van der Waals surface area contributed by atoms with Crippen molar-refractivity contribution in [1.82, 2.24) is 0 Å². The van der Waals surface area contributed by atoms with Crippen LogP contribution in [0, 0.1) is 12.3 Å². The molecule has 1 rings (SSSR count). The Morgan fingerprint density at radius 3 is 2.92 bits per heavy atom. The van der Waals surface area contributed by atoms with Gasteiger partial charge in [0.05, 0.1) is 5.56 Å². The molecule has 0 atom stereocenters. The van der Waals surface area contributed by atoms with E-state index in [4.69, 9.17) is 11.2 Å². The van der Waals surface area contributed by atoms with E-state index in [9.17, 15) is 0 Å². The van der Waals surface area contributed by atoms with Gasteiger partial charge >= 0.3 is 0 Å². The first-order valence-electron chi connectivity index (χ1n) is 3.68. The second-order valence-corrected chi connectivity index (χ2v) is 2.24. The third kappa shape index (κ3) is 1.90. The van der Waals surface area contributed by atoms with E-state index in [1.807, 2.05) is 24.3 Å². The molecule has 60 valence electrons. The summed E-state index contributed by atoms with van der Waals surface area (Å²) in [7, 11) is 0. The van der Waals surface area contributed by atoms with Crippen molar-refractivity contribution >= 4 is 0 Å². The standard InChI is InChI=1S/C11H10O/c1-3-9-12-11-8-6-5-7-10(11)4-2/h2-3,5-8H,1,9H2. The highest BCUT2D eigenvalue weighted by Crippen LogP contribution is 2.15. The molecule has 0 fully saturated rings. The Balaban J connectivity index is 2.83. The van der Waals surface area contributed by atoms with Gasteiger partial charge in [-0.05, 0) is 12.1 Å². The average Bonchev–Trinajstić information content (AvgIpc) is 2.15. The molecule has 0 aliphatic heterocycles. The van der Waals surface area contributed by atoms with E-state index in [1.165, 1.54) is 0 Å². The van der Waals surface area contributed by atoms with Gasteiger partial charge in [0.1, 0.15) is 12.4 Å². The van der Waals surface area contributed by atoms with Crippen LogP contribution in [0.1, 0.15) is 5.56 Å². The second kappa shape index (κ2) is 4.25. The first-order chi connectivity index (χ1) is 5.88. The molecule has 0 aliphatic rings. The van der Waals surface area contributed by atoms with Crippen LogP contribution < -0.4 is 4.74 Å². The van der Waals surface area contributed by atoms with Crippen LogP contribution in [0.15, 0.2) is 36.9 Å². The fraction of sp³-hybridized carbons (Fsp3) is 0.0909. The molecule has 0 saturated carbocycles. The summed E-state index contributed by atoms with van der Waals surface area (Å²) in [4.78, 5) is 0. The number of rotatable bonds is 3. The van der Waals surface area contributed by atoms with Crippen molar-refractivity contribution in [1.29, 1.82) is 0 Å². The predicted octanol–water partition coefficient (Wildman–Crippen LogP) is 2.23. The second-order valence-electron chi connectivity index (χ2n) is 2.24. The van der Waals surface area contributed by atoms with Gasteiger partial charge < -0.3 is 4.74 Å². The number of hydrogen-bond donors (Lipinski definition) is 0. The van der Waals surface area contributed by atoms with Crippen LogP contribution in [0.5, 0.6) is 5.75 Å². The van der Waals surface area contributed by atoms with Gasteiger partial charge in [0, 0.05) is 0 Å². The summed E-state index contributed by atoms with van der Waals surface area (Å²) in [6.45, 7) is 4.04. The molecule has 1 aromatic carbocycles. The zero-order valence-electron chi connectivity index (χ0n) is 6.79. The van der Waals surface area contributed by atoms with Crippen molar-refractivity contribution < 1.29 is 4.74 Å². The summed E-state index contributed by atoms with van der Waals surface area (Å²) >= 11 is 0. The molecule has 12 heavy (non-hydrogen) atoms. The Bertz CT molecular complexity index is 307. The Kier molecular flexibility index (Phi) is 2.98. The first kappa shape index (κ1) is 8.42. The Labute approximate surface area is 72.7 Å². The highest BCUT2D eigenvalue weighted by molar-refractivity contribution is 5.44. The van der Waals surface area contributed by atoms with E-state index < -0.39 is 0 Å². The van der Waals surface area contributed by atoms with Gasteiger partial charge in [-0.1, -0.05) is 30.7 Å². The van der Waals surface area contributed by atoms with Crippen LogP contribution in [0.25, 0.3) is 0 Å². The number of ether oxygens (including phenoxy) is 1. The van der Waals surface area contributed by atoms with Gasteiger partial charge in [0.15, 0.2) is 0 Å². The smallest absolute Gasteiger partial charge is 0.135 e. The molecule has 0 unspecified atom stereocenters. The summed E-state index contributed by atoms with van der Waals surface area (Å²) in [5.41, 5.74) is 0.777. The zero-order chi connectivity index (χ0) is 8.81. The largest absolute Gasteiger partial charge is 0.488 e. The normalized spacial score (nSPS) is 8.58. The van der Waals surface area contributed by atoms with Gasteiger partial charge in [0.2, 0.25) is 0 Å². The highest BCUT2D eigenvalue weighted by atomic mass is 16.5. The van der Waals surface area contributed by atoms with Crippen LogP contribution in [0.3, 0.4) is 0 Å². The Morgan fingerprint density at radius 2 is 2.25 bits per heavy atom. The summed E-state index contributed by atoms with van der Waals surface area (Å²) in [5.74, 6) is 3.28. The fourth-order valence-corrected chi connectivity index (χ4v) is 0.860. The van der Waals surface area contributed by atoms with Gasteiger partial charge in [0.25, 0.3) is 0 Å². The first-order valence-corrected chi connectivity index (χ1v) is 3.68. The maximum Gasteiger partial charge on any atom is 0.135 e. The summed E-state index contributed by atoms with van der Waals surface area (Å²) in [6.07, 6.45) is 6.95. The molecule has 0 bridgehead atoms. The van der Waals surface area contributed by atoms with Crippen LogP contribution in [-0.4, -0.2) is 6.61 Å². The minimum atomic E-state index is 0.485.